The molecule has 0 radical (unpaired) electrons. The molecular weight excluding hydrogens is 414 g/mol. The van der Waals surface area contributed by atoms with E-state index in [0.717, 1.165) is 36.9 Å². The molecule has 9 heteroatoms. The highest BCUT2D eigenvalue weighted by Crippen LogP contribution is 2.28. The highest BCUT2D eigenvalue weighted by atomic mass is 19.3. The molecule has 4 aromatic heterocycles. The van der Waals surface area contributed by atoms with Crippen LogP contribution in [0.15, 0.2) is 48.9 Å². The predicted octanol–water partition coefficient (Wildman–Crippen LogP) is 4.64. The monoisotopic (exact) mass is 438 g/mol. The van der Waals surface area contributed by atoms with Crippen molar-refractivity contribution in [2.75, 3.05) is 12.4 Å². The fraction of sp³-hybridized carbons (Fsp3) is 0.348. The fourth-order valence-corrected chi connectivity index (χ4v) is 4.57. The lowest BCUT2D eigenvalue weighted by Gasteiger charge is -2.35. The molecule has 0 unspecified atom stereocenters. The number of aromatic nitrogens is 4. The van der Waals surface area contributed by atoms with Gasteiger partial charge >= 0.3 is 0 Å². The van der Waals surface area contributed by atoms with E-state index in [2.05, 4.69) is 20.3 Å². The number of hydrogen-bond acceptors (Lipinski definition) is 4. The lowest BCUT2D eigenvalue weighted by molar-refractivity contribution is 0.0694. The molecule has 7 nitrogen and oxygen atoms in total. The van der Waals surface area contributed by atoms with Gasteiger partial charge in [0.25, 0.3) is 12.3 Å². The molecule has 0 saturated heterocycles. The molecule has 1 aliphatic rings. The van der Waals surface area contributed by atoms with E-state index in [1.165, 1.54) is 6.20 Å². The number of nitrogens with zero attached hydrogens (tertiary/aromatic N) is 4. The van der Waals surface area contributed by atoms with Crippen molar-refractivity contribution >= 4 is 28.4 Å². The number of halogens is 2. The largest absolute Gasteiger partial charge is 0.368 e. The lowest BCUT2D eigenvalue weighted by Crippen LogP contribution is -2.41. The Kier molecular flexibility index (Phi) is 5.24. The third-order valence-corrected chi connectivity index (χ3v) is 6.34. The molecule has 0 aliphatic heterocycles. The normalized spacial score (nSPS) is 19.0. The quantitative estimate of drug-likeness (QED) is 0.476. The van der Waals surface area contributed by atoms with Gasteiger partial charge in [-0.05, 0) is 49.9 Å². The van der Waals surface area contributed by atoms with Crippen molar-refractivity contribution in [1.82, 2.24) is 24.3 Å². The summed E-state index contributed by atoms with van der Waals surface area (Å²) in [5, 5.41) is 4.31. The number of carbonyl (C=O) groups is 1. The van der Waals surface area contributed by atoms with E-state index in [0.29, 0.717) is 16.9 Å². The first-order valence-electron chi connectivity index (χ1n) is 10.7. The number of rotatable bonds is 5. The average Bonchev–Trinajstić information content (AvgIpc) is 3.46. The Hall–Kier alpha value is -3.49. The molecule has 5 rings (SSSR count). The van der Waals surface area contributed by atoms with Crippen molar-refractivity contribution in [2.24, 2.45) is 0 Å². The maximum atomic E-state index is 13.1. The maximum Gasteiger partial charge on any atom is 0.281 e. The zero-order chi connectivity index (χ0) is 22.2. The van der Waals surface area contributed by atoms with Gasteiger partial charge in [-0.3, -0.25) is 9.20 Å². The van der Waals surface area contributed by atoms with Crippen molar-refractivity contribution in [3.8, 4) is 0 Å². The SMILES string of the molecule is CN(C(=O)c1ccnc2[nH]ccc12)[C@H]1CC[C@@H](Nc2cccc3nc(C(F)F)cn23)CC1. The summed E-state index contributed by atoms with van der Waals surface area (Å²) in [6.45, 7) is 0. The van der Waals surface area contributed by atoms with Crippen LogP contribution in [0.1, 0.15) is 48.2 Å². The summed E-state index contributed by atoms with van der Waals surface area (Å²) in [7, 11) is 1.86. The Morgan fingerprint density at radius 3 is 2.81 bits per heavy atom. The number of fused-ring (bicyclic) bond motifs is 2. The number of pyridine rings is 2. The highest BCUT2D eigenvalue weighted by molar-refractivity contribution is 6.05. The lowest BCUT2D eigenvalue weighted by atomic mass is 9.90. The molecule has 0 atom stereocenters. The first-order chi connectivity index (χ1) is 15.5. The van der Waals surface area contributed by atoms with Crippen molar-refractivity contribution in [2.45, 2.75) is 44.2 Å². The van der Waals surface area contributed by atoms with E-state index in [1.807, 2.05) is 30.1 Å². The number of aromatic amines is 1. The molecule has 4 heterocycles. The Bertz CT molecular complexity index is 1260. The summed E-state index contributed by atoms with van der Waals surface area (Å²) in [5.41, 5.74) is 1.63. The average molecular weight is 438 g/mol. The van der Waals surface area contributed by atoms with Gasteiger partial charge in [-0.15, -0.1) is 0 Å². The molecular formula is C23H24F2N6O. The van der Waals surface area contributed by atoms with Gasteiger partial charge in [-0.1, -0.05) is 6.07 Å². The van der Waals surface area contributed by atoms with Crippen LogP contribution in [0.2, 0.25) is 0 Å². The van der Waals surface area contributed by atoms with E-state index in [4.69, 9.17) is 0 Å². The number of alkyl halides is 2. The van der Waals surface area contributed by atoms with Crippen LogP contribution in [0.3, 0.4) is 0 Å². The third-order valence-electron chi connectivity index (χ3n) is 6.34. The van der Waals surface area contributed by atoms with Gasteiger partial charge in [0.1, 0.15) is 22.8 Å². The summed E-state index contributed by atoms with van der Waals surface area (Å²) >= 11 is 0. The number of amides is 1. The number of imidazole rings is 1. The van der Waals surface area contributed by atoms with Gasteiger partial charge < -0.3 is 15.2 Å². The molecule has 0 spiro atoms. The summed E-state index contributed by atoms with van der Waals surface area (Å²) in [6, 6.07) is 9.40. The summed E-state index contributed by atoms with van der Waals surface area (Å²) in [5.74, 6) is 0.748. The fourth-order valence-electron chi connectivity index (χ4n) is 4.57. The summed E-state index contributed by atoms with van der Waals surface area (Å²) in [4.78, 5) is 26.3. The minimum Gasteiger partial charge on any atom is -0.368 e. The number of nitrogens with one attached hydrogen (secondary N) is 2. The minimum atomic E-state index is -2.60. The Morgan fingerprint density at radius 2 is 2.03 bits per heavy atom. The first kappa shape index (κ1) is 20.4. The van der Waals surface area contributed by atoms with E-state index in [1.54, 1.807) is 28.9 Å². The predicted molar refractivity (Wildman–Crippen MR) is 118 cm³/mol. The second-order valence-corrected chi connectivity index (χ2v) is 8.27. The van der Waals surface area contributed by atoms with Crippen molar-refractivity contribution in [3.05, 3.63) is 60.2 Å². The van der Waals surface area contributed by atoms with E-state index < -0.39 is 6.43 Å². The maximum absolute atomic E-state index is 13.1. The first-order valence-corrected chi connectivity index (χ1v) is 10.7. The topological polar surface area (TPSA) is 78.3 Å². The smallest absolute Gasteiger partial charge is 0.281 e. The number of anilines is 1. The van der Waals surface area contributed by atoms with Gasteiger partial charge in [0.15, 0.2) is 0 Å². The number of H-pyrrole nitrogens is 1. The number of hydrogen-bond donors (Lipinski definition) is 2. The third kappa shape index (κ3) is 3.68. The molecule has 1 saturated carbocycles. The zero-order valence-corrected chi connectivity index (χ0v) is 17.6. The standard InChI is InChI=1S/C23H24F2N6O/c1-30(23(32)17-10-12-27-22-16(17)9-11-26-22)15-7-5-14(6-8-15)28-19-3-2-4-20-29-18(21(24)25)13-31(19)20/h2-4,9-15,21,28H,5-8H2,1H3,(H,26,27)/t14-,15+. The van der Waals surface area contributed by atoms with Crippen LogP contribution in [0.5, 0.6) is 0 Å². The van der Waals surface area contributed by atoms with E-state index >= 15 is 0 Å². The van der Waals surface area contributed by atoms with Crippen molar-refractivity contribution in [3.63, 3.8) is 0 Å². The van der Waals surface area contributed by atoms with Gasteiger partial charge in [0.05, 0.1) is 5.56 Å². The zero-order valence-electron chi connectivity index (χ0n) is 17.6. The molecule has 1 amide bonds. The van der Waals surface area contributed by atoms with Gasteiger partial charge in [0, 0.05) is 43.1 Å². The second kappa shape index (κ2) is 8.22. The van der Waals surface area contributed by atoms with Crippen LogP contribution in [0, 0.1) is 0 Å². The van der Waals surface area contributed by atoms with Crippen LogP contribution < -0.4 is 5.32 Å². The second-order valence-electron chi connectivity index (χ2n) is 8.27. The molecule has 4 aromatic rings. The van der Waals surface area contributed by atoms with Crippen molar-refractivity contribution in [1.29, 1.82) is 0 Å². The summed E-state index contributed by atoms with van der Waals surface area (Å²) in [6.07, 6.45) is 5.71. The number of carbonyl (C=O) groups excluding carboxylic acids is 1. The molecule has 1 fully saturated rings. The molecule has 2 N–H and O–H groups in total. The van der Waals surface area contributed by atoms with Crippen LogP contribution in [-0.4, -0.2) is 49.3 Å². The molecule has 0 aromatic carbocycles. The molecule has 166 valence electrons. The van der Waals surface area contributed by atoms with E-state index in [-0.39, 0.29) is 23.7 Å². The minimum absolute atomic E-state index is 0.00359. The van der Waals surface area contributed by atoms with Crippen LogP contribution >= 0.6 is 0 Å². The molecule has 32 heavy (non-hydrogen) atoms. The van der Waals surface area contributed by atoms with Gasteiger partial charge in [-0.25, -0.2) is 18.7 Å². The van der Waals surface area contributed by atoms with E-state index in [9.17, 15) is 13.6 Å². The van der Waals surface area contributed by atoms with Crippen LogP contribution in [0.25, 0.3) is 16.7 Å². The van der Waals surface area contributed by atoms with Crippen LogP contribution in [-0.2, 0) is 0 Å². The Balaban J connectivity index is 1.25. The Labute approximate surface area is 183 Å². The molecule has 1 aliphatic carbocycles. The van der Waals surface area contributed by atoms with Crippen LogP contribution in [0.4, 0.5) is 14.6 Å². The summed E-state index contributed by atoms with van der Waals surface area (Å²) < 4.78 is 27.7. The molecule has 0 bridgehead atoms. The van der Waals surface area contributed by atoms with Crippen molar-refractivity contribution < 1.29 is 13.6 Å². The Morgan fingerprint density at radius 1 is 1.22 bits per heavy atom. The van der Waals surface area contributed by atoms with Gasteiger partial charge in [0.2, 0.25) is 0 Å². The van der Waals surface area contributed by atoms with Gasteiger partial charge in [-0.2, -0.15) is 0 Å². The highest BCUT2D eigenvalue weighted by Gasteiger charge is 2.28.